The third-order valence-electron chi connectivity index (χ3n) is 4.96. The number of aromatic nitrogens is 1. The molecule has 4 rings (SSSR count). The number of hydrogen-bond donors (Lipinski definition) is 2. The molecule has 2 heterocycles. The molecular formula is C23H24N2O3. The van der Waals surface area contributed by atoms with Crippen molar-refractivity contribution in [3.05, 3.63) is 77.2 Å². The van der Waals surface area contributed by atoms with Crippen molar-refractivity contribution < 1.29 is 14.3 Å². The van der Waals surface area contributed by atoms with E-state index < -0.39 is 0 Å². The lowest BCUT2D eigenvalue weighted by molar-refractivity contribution is 0.319. The quantitative estimate of drug-likeness (QED) is 0.659. The average molecular weight is 376 g/mol. The van der Waals surface area contributed by atoms with Crippen LogP contribution in [0.15, 0.2) is 64.6 Å². The molecule has 1 aliphatic rings. The molecule has 144 valence electrons. The van der Waals surface area contributed by atoms with Gasteiger partial charge in [0.15, 0.2) is 0 Å². The molecule has 3 aromatic rings. The summed E-state index contributed by atoms with van der Waals surface area (Å²) in [4.78, 5) is 4.62. The lowest BCUT2D eigenvalue weighted by Gasteiger charge is -2.09. The number of nitrogens with one attached hydrogen (secondary N) is 1. The number of aliphatic hydroxyl groups excluding tert-OH is 1. The molecule has 0 saturated carbocycles. The predicted molar refractivity (Wildman–Crippen MR) is 109 cm³/mol. The molecule has 0 atom stereocenters. The number of rotatable bonds is 7. The van der Waals surface area contributed by atoms with Gasteiger partial charge in [-0.15, -0.1) is 0 Å². The van der Waals surface area contributed by atoms with Crippen LogP contribution in [-0.2, 0) is 6.42 Å². The summed E-state index contributed by atoms with van der Waals surface area (Å²) in [6.45, 7) is 4.06. The Balaban J connectivity index is 1.41. The summed E-state index contributed by atoms with van der Waals surface area (Å²) in [6, 6.07) is 17.9. The van der Waals surface area contributed by atoms with E-state index in [1.54, 1.807) is 0 Å². The van der Waals surface area contributed by atoms with Crippen LogP contribution in [0.5, 0.6) is 5.75 Å². The number of oxazole rings is 1. The normalized spacial score (nSPS) is 13.9. The van der Waals surface area contributed by atoms with E-state index in [1.165, 1.54) is 0 Å². The zero-order valence-electron chi connectivity index (χ0n) is 15.9. The van der Waals surface area contributed by atoms with Gasteiger partial charge in [0.2, 0.25) is 5.89 Å². The van der Waals surface area contributed by atoms with Gasteiger partial charge in [0, 0.05) is 25.1 Å². The fourth-order valence-corrected chi connectivity index (χ4v) is 3.43. The molecule has 1 aromatic heterocycles. The highest BCUT2D eigenvalue weighted by Gasteiger charge is 2.15. The van der Waals surface area contributed by atoms with Crippen LogP contribution in [0.4, 0.5) is 0 Å². The average Bonchev–Trinajstić information content (AvgIpc) is 3.36. The van der Waals surface area contributed by atoms with E-state index in [1.807, 2.05) is 55.5 Å². The molecule has 2 aromatic carbocycles. The molecule has 5 heteroatoms. The zero-order valence-corrected chi connectivity index (χ0v) is 15.9. The molecule has 0 fully saturated rings. The first-order chi connectivity index (χ1) is 13.7. The molecule has 0 saturated heterocycles. The van der Waals surface area contributed by atoms with E-state index >= 15 is 0 Å². The SMILES string of the molecule is Cc1oc(-c2ccccc2)nc1CCOc1cccc(C2=C(CO)CNC2)c1. The summed E-state index contributed by atoms with van der Waals surface area (Å²) in [6.07, 6.45) is 0.679. The van der Waals surface area contributed by atoms with E-state index in [4.69, 9.17) is 9.15 Å². The third-order valence-corrected chi connectivity index (χ3v) is 4.96. The first kappa shape index (κ1) is 18.5. The Labute approximate surface area is 164 Å². The van der Waals surface area contributed by atoms with Gasteiger partial charge >= 0.3 is 0 Å². The van der Waals surface area contributed by atoms with Crippen LogP contribution >= 0.6 is 0 Å². The van der Waals surface area contributed by atoms with Gasteiger partial charge in [-0.1, -0.05) is 30.3 Å². The molecular weight excluding hydrogens is 352 g/mol. The Kier molecular flexibility index (Phi) is 5.55. The van der Waals surface area contributed by atoms with Crippen molar-refractivity contribution in [2.45, 2.75) is 13.3 Å². The van der Waals surface area contributed by atoms with E-state index in [0.717, 1.165) is 52.6 Å². The Morgan fingerprint density at radius 3 is 2.71 bits per heavy atom. The van der Waals surface area contributed by atoms with Crippen molar-refractivity contribution >= 4 is 5.57 Å². The highest BCUT2D eigenvalue weighted by Crippen LogP contribution is 2.26. The summed E-state index contributed by atoms with van der Waals surface area (Å²) >= 11 is 0. The van der Waals surface area contributed by atoms with Crippen molar-refractivity contribution in [2.75, 3.05) is 26.3 Å². The number of aliphatic hydroxyl groups is 1. The number of hydrogen-bond acceptors (Lipinski definition) is 5. The number of nitrogens with zero attached hydrogens (tertiary/aromatic N) is 1. The fourth-order valence-electron chi connectivity index (χ4n) is 3.43. The van der Waals surface area contributed by atoms with Gasteiger partial charge in [-0.25, -0.2) is 4.98 Å². The Hall–Kier alpha value is -2.89. The smallest absolute Gasteiger partial charge is 0.226 e. The second-order valence-corrected chi connectivity index (χ2v) is 6.86. The van der Waals surface area contributed by atoms with Crippen LogP contribution in [0, 0.1) is 6.92 Å². The van der Waals surface area contributed by atoms with Gasteiger partial charge in [-0.3, -0.25) is 0 Å². The predicted octanol–water partition coefficient (Wildman–Crippen LogP) is 3.62. The maximum absolute atomic E-state index is 9.50. The van der Waals surface area contributed by atoms with Crippen LogP contribution in [0.1, 0.15) is 17.0 Å². The molecule has 0 radical (unpaired) electrons. The van der Waals surface area contributed by atoms with Crippen molar-refractivity contribution in [3.8, 4) is 17.2 Å². The van der Waals surface area contributed by atoms with Crippen molar-refractivity contribution in [1.82, 2.24) is 10.3 Å². The topological polar surface area (TPSA) is 67.5 Å². The summed E-state index contributed by atoms with van der Waals surface area (Å²) in [5.74, 6) is 2.29. The van der Waals surface area contributed by atoms with Gasteiger partial charge in [0.25, 0.3) is 0 Å². The molecule has 0 amide bonds. The molecule has 0 aliphatic carbocycles. The van der Waals surface area contributed by atoms with E-state index in [0.29, 0.717) is 18.9 Å². The molecule has 28 heavy (non-hydrogen) atoms. The summed E-state index contributed by atoms with van der Waals surface area (Å²) in [5, 5.41) is 12.8. The van der Waals surface area contributed by atoms with E-state index in [9.17, 15) is 5.11 Å². The van der Waals surface area contributed by atoms with Gasteiger partial charge in [-0.2, -0.15) is 0 Å². The van der Waals surface area contributed by atoms with Gasteiger partial charge < -0.3 is 19.6 Å². The first-order valence-corrected chi connectivity index (χ1v) is 9.52. The van der Waals surface area contributed by atoms with Crippen molar-refractivity contribution in [3.63, 3.8) is 0 Å². The molecule has 1 aliphatic heterocycles. The largest absolute Gasteiger partial charge is 0.493 e. The highest BCUT2D eigenvalue weighted by atomic mass is 16.5. The highest BCUT2D eigenvalue weighted by molar-refractivity contribution is 5.73. The van der Waals surface area contributed by atoms with Crippen LogP contribution in [-0.4, -0.2) is 36.4 Å². The van der Waals surface area contributed by atoms with Gasteiger partial charge in [0.05, 0.1) is 18.9 Å². The minimum absolute atomic E-state index is 0.0859. The summed E-state index contributed by atoms with van der Waals surface area (Å²) in [7, 11) is 0. The van der Waals surface area contributed by atoms with Crippen molar-refractivity contribution in [1.29, 1.82) is 0 Å². The number of ether oxygens (including phenoxy) is 1. The second kappa shape index (κ2) is 8.42. The number of benzene rings is 2. The summed E-state index contributed by atoms with van der Waals surface area (Å²) < 4.78 is 11.8. The van der Waals surface area contributed by atoms with E-state index in [2.05, 4.69) is 16.4 Å². The standard InChI is InChI=1S/C23H24N2O3/c1-16-22(25-23(28-16)17-6-3-2-4-7-17)10-11-27-20-9-5-8-18(12-20)21-14-24-13-19(21)15-26/h2-9,12,24,26H,10-11,13-15H2,1H3. The fraction of sp³-hybridized carbons (Fsp3) is 0.261. The maximum atomic E-state index is 9.50. The zero-order chi connectivity index (χ0) is 19.3. The molecule has 2 N–H and O–H groups in total. The van der Waals surface area contributed by atoms with Crippen LogP contribution < -0.4 is 10.1 Å². The molecule has 5 nitrogen and oxygen atoms in total. The summed E-state index contributed by atoms with van der Waals surface area (Å²) in [5.41, 5.74) is 5.19. The van der Waals surface area contributed by atoms with Crippen LogP contribution in [0.3, 0.4) is 0 Å². The molecule has 0 bridgehead atoms. The Morgan fingerprint density at radius 1 is 1.07 bits per heavy atom. The maximum Gasteiger partial charge on any atom is 0.226 e. The third kappa shape index (κ3) is 4.01. The van der Waals surface area contributed by atoms with Gasteiger partial charge in [0.1, 0.15) is 11.5 Å². The van der Waals surface area contributed by atoms with Gasteiger partial charge in [-0.05, 0) is 47.9 Å². The molecule has 0 spiro atoms. The lowest BCUT2D eigenvalue weighted by atomic mass is 10.0. The molecule has 0 unspecified atom stereocenters. The minimum Gasteiger partial charge on any atom is -0.493 e. The lowest BCUT2D eigenvalue weighted by Crippen LogP contribution is -2.09. The minimum atomic E-state index is 0.0859. The Morgan fingerprint density at radius 2 is 1.89 bits per heavy atom. The van der Waals surface area contributed by atoms with Crippen LogP contribution in [0.25, 0.3) is 17.0 Å². The monoisotopic (exact) mass is 376 g/mol. The first-order valence-electron chi connectivity index (χ1n) is 9.52. The number of aryl methyl sites for hydroxylation is 1. The van der Waals surface area contributed by atoms with Crippen molar-refractivity contribution in [2.24, 2.45) is 0 Å². The van der Waals surface area contributed by atoms with Crippen LogP contribution in [0.2, 0.25) is 0 Å². The van der Waals surface area contributed by atoms with E-state index in [-0.39, 0.29) is 6.61 Å². The second-order valence-electron chi connectivity index (χ2n) is 6.86. The Bertz CT molecular complexity index is 977.